The van der Waals surface area contributed by atoms with Crippen molar-refractivity contribution in [1.29, 1.82) is 0 Å². The normalized spacial score (nSPS) is 11.2. The number of nitrogens with two attached hydrogens (primary N) is 1. The summed E-state index contributed by atoms with van der Waals surface area (Å²) < 4.78 is 8.11. The highest BCUT2D eigenvalue weighted by Crippen LogP contribution is 2.26. The fourth-order valence-electron chi connectivity index (χ4n) is 2.62. The Balaban J connectivity index is 1.95. The molecule has 2 N–H and O–H groups in total. The minimum Gasteiger partial charge on any atom is -0.486 e. The lowest BCUT2D eigenvalue weighted by molar-refractivity contribution is 0.292. The fraction of sp³-hybridized carbons (Fsp3) is 0.235. The number of nitrogens with zero attached hydrogens (tertiary/aromatic N) is 2. The van der Waals surface area contributed by atoms with Crippen molar-refractivity contribution in [2.45, 2.75) is 26.5 Å². The lowest BCUT2D eigenvalue weighted by atomic mass is 10.2. The number of aromatic nitrogens is 2. The Morgan fingerprint density at radius 1 is 1.24 bits per heavy atom. The van der Waals surface area contributed by atoms with E-state index >= 15 is 0 Å². The Hall–Kier alpha value is -2.49. The maximum absolute atomic E-state index is 5.88. The van der Waals surface area contributed by atoms with Crippen LogP contribution >= 0.6 is 0 Å². The molecular formula is C17H19N3O. The van der Waals surface area contributed by atoms with Crippen molar-refractivity contribution < 1.29 is 4.74 Å². The number of rotatable bonds is 4. The third kappa shape index (κ3) is 2.70. The first-order chi connectivity index (χ1) is 10.1. The second kappa shape index (κ2) is 5.48. The average molecular weight is 281 g/mol. The van der Waals surface area contributed by atoms with Gasteiger partial charge in [-0.15, -0.1) is 0 Å². The van der Waals surface area contributed by atoms with Crippen LogP contribution in [0.2, 0.25) is 0 Å². The number of fused-ring (bicyclic) bond motifs is 1. The van der Waals surface area contributed by atoms with Crippen LogP contribution in [0.25, 0.3) is 10.9 Å². The number of hydrogen-bond donors (Lipinski definition) is 1. The van der Waals surface area contributed by atoms with Crippen molar-refractivity contribution in [2.24, 2.45) is 0 Å². The number of anilines is 1. The first-order valence-electron chi connectivity index (χ1n) is 7.07. The minimum atomic E-state index is 0.360. The second-order valence-electron chi connectivity index (χ2n) is 5.40. The zero-order chi connectivity index (χ0) is 14.8. The standard InChI is InChI=1S/C17H19N3O/c1-12(2)20-15(11-21-16-4-3-7-19-10-16)9-13-8-14(18)5-6-17(13)20/h3-10,12H,11,18H2,1-2H3. The molecule has 2 heterocycles. The molecule has 0 saturated carbocycles. The predicted molar refractivity (Wildman–Crippen MR) is 85.3 cm³/mol. The van der Waals surface area contributed by atoms with Crippen molar-refractivity contribution in [3.8, 4) is 5.75 Å². The van der Waals surface area contributed by atoms with Gasteiger partial charge in [-0.2, -0.15) is 0 Å². The molecule has 3 rings (SSSR count). The monoisotopic (exact) mass is 281 g/mol. The van der Waals surface area contributed by atoms with E-state index in [1.165, 1.54) is 5.52 Å². The topological polar surface area (TPSA) is 53.1 Å². The van der Waals surface area contributed by atoms with E-state index in [2.05, 4.69) is 35.5 Å². The molecule has 0 spiro atoms. The minimum absolute atomic E-state index is 0.360. The van der Waals surface area contributed by atoms with E-state index in [9.17, 15) is 0 Å². The van der Waals surface area contributed by atoms with E-state index in [1.807, 2.05) is 24.3 Å². The van der Waals surface area contributed by atoms with Crippen molar-refractivity contribution in [1.82, 2.24) is 9.55 Å². The Bertz CT molecular complexity index is 747. The van der Waals surface area contributed by atoms with Gasteiger partial charge >= 0.3 is 0 Å². The molecule has 2 aromatic heterocycles. The summed E-state index contributed by atoms with van der Waals surface area (Å²) in [7, 11) is 0. The Morgan fingerprint density at radius 2 is 2.10 bits per heavy atom. The number of ether oxygens (including phenoxy) is 1. The van der Waals surface area contributed by atoms with Gasteiger partial charge in [-0.3, -0.25) is 4.98 Å². The Kier molecular flexibility index (Phi) is 3.52. The molecule has 108 valence electrons. The molecule has 0 fully saturated rings. The lowest BCUT2D eigenvalue weighted by Crippen LogP contribution is -2.08. The molecule has 0 saturated heterocycles. The maximum atomic E-state index is 5.88. The van der Waals surface area contributed by atoms with Gasteiger partial charge in [0.25, 0.3) is 0 Å². The summed E-state index contributed by atoms with van der Waals surface area (Å²) in [5, 5.41) is 1.15. The third-order valence-corrected chi connectivity index (χ3v) is 3.48. The van der Waals surface area contributed by atoms with E-state index in [0.29, 0.717) is 12.6 Å². The number of pyridine rings is 1. The maximum Gasteiger partial charge on any atom is 0.138 e. The molecule has 0 aliphatic rings. The van der Waals surface area contributed by atoms with Crippen LogP contribution in [0.1, 0.15) is 25.6 Å². The third-order valence-electron chi connectivity index (χ3n) is 3.48. The predicted octanol–water partition coefficient (Wildman–Crippen LogP) is 3.78. The van der Waals surface area contributed by atoms with Crippen molar-refractivity contribution in [2.75, 3.05) is 5.73 Å². The fourth-order valence-corrected chi connectivity index (χ4v) is 2.62. The zero-order valence-electron chi connectivity index (χ0n) is 12.3. The molecule has 4 heteroatoms. The molecule has 0 radical (unpaired) electrons. The highest BCUT2D eigenvalue weighted by molar-refractivity contribution is 5.84. The van der Waals surface area contributed by atoms with Gasteiger partial charge < -0.3 is 15.0 Å². The summed E-state index contributed by atoms with van der Waals surface area (Å²) in [4.78, 5) is 4.06. The van der Waals surface area contributed by atoms with E-state index < -0.39 is 0 Å². The first kappa shape index (κ1) is 13.5. The largest absolute Gasteiger partial charge is 0.486 e. The van der Waals surface area contributed by atoms with E-state index in [1.54, 1.807) is 12.4 Å². The van der Waals surface area contributed by atoms with Crippen LogP contribution in [0.15, 0.2) is 48.8 Å². The number of benzene rings is 1. The molecule has 0 bridgehead atoms. The van der Waals surface area contributed by atoms with E-state index in [-0.39, 0.29) is 0 Å². The first-order valence-corrected chi connectivity index (χ1v) is 7.07. The zero-order valence-corrected chi connectivity index (χ0v) is 12.3. The quantitative estimate of drug-likeness (QED) is 0.740. The van der Waals surface area contributed by atoms with Crippen LogP contribution in [0.4, 0.5) is 5.69 Å². The van der Waals surface area contributed by atoms with Gasteiger partial charge in [0.15, 0.2) is 0 Å². The van der Waals surface area contributed by atoms with Gasteiger partial charge in [-0.1, -0.05) is 0 Å². The van der Waals surface area contributed by atoms with Gasteiger partial charge in [0.2, 0.25) is 0 Å². The van der Waals surface area contributed by atoms with Crippen LogP contribution in [0.3, 0.4) is 0 Å². The van der Waals surface area contributed by atoms with E-state index in [0.717, 1.165) is 22.5 Å². The van der Waals surface area contributed by atoms with Crippen LogP contribution in [-0.2, 0) is 6.61 Å². The molecule has 0 aliphatic heterocycles. The SMILES string of the molecule is CC(C)n1c(COc2cccnc2)cc2cc(N)ccc21. The van der Waals surface area contributed by atoms with Crippen LogP contribution in [0.5, 0.6) is 5.75 Å². The van der Waals surface area contributed by atoms with Crippen LogP contribution in [0, 0.1) is 0 Å². The Labute approximate surface area is 124 Å². The summed E-state index contributed by atoms with van der Waals surface area (Å²) in [6.45, 7) is 4.85. The molecule has 0 aliphatic carbocycles. The molecule has 0 atom stereocenters. The second-order valence-corrected chi connectivity index (χ2v) is 5.40. The van der Waals surface area contributed by atoms with Gasteiger partial charge in [-0.05, 0) is 50.2 Å². The summed E-state index contributed by atoms with van der Waals surface area (Å²) >= 11 is 0. The van der Waals surface area contributed by atoms with Crippen molar-refractivity contribution in [3.63, 3.8) is 0 Å². The van der Waals surface area contributed by atoms with Gasteiger partial charge in [-0.25, -0.2) is 0 Å². The van der Waals surface area contributed by atoms with Gasteiger partial charge in [0.1, 0.15) is 12.4 Å². The van der Waals surface area contributed by atoms with E-state index in [4.69, 9.17) is 10.5 Å². The van der Waals surface area contributed by atoms with Crippen LogP contribution in [-0.4, -0.2) is 9.55 Å². The molecule has 1 aromatic carbocycles. The summed E-state index contributed by atoms with van der Waals surface area (Å²) in [6, 6.07) is 12.3. The average Bonchev–Trinajstić information content (AvgIpc) is 2.83. The molecule has 0 amide bonds. The van der Waals surface area contributed by atoms with Crippen LogP contribution < -0.4 is 10.5 Å². The lowest BCUT2D eigenvalue weighted by Gasteiger charge is -2.15. The highest BCUT2D eigenvalue weighted by atomic mass is 16.5. The van der Waals surface area contributed by atoms with Crippen molar-refractivity contribution in [3.05, 3.63) is 54.5 Å². The molecule has 3 aromatic rings. The Morgan fingerprint density at radius 3 is 2.81 bits per heavy atom. The summed E-state index contributed by atoms with van der Waals surface area (Å²) in [5.74, 6) is 0.776. The molecule has 21 heavy (non-hydrogen) atoms. The van der Waals surface area contributed by atoms with Gasteiger partial charge in [0.05, 0.1) is 11.9 Å². The van der Waals surface area contributed by atoms with Gasteiger partial charge in [0, 0.05) is 28.8 Å². The number of hydrogen-bond acceptors (Lipinski definition) is 3. The van der Waals surface area contributed by atoms with Crippen molar-refractivity contribution >= 4 is 16.6 Å². The number of nitrogen functional groups attached to an aromatic ring is 1. The molecular weight excluding hydrogens is 262 g/mol. The smallest absolute Gasteiger partial charge is 0.138 e. The summed E-state index contributed by atoms with van der Waals surface area (Å²) in [6.07, 6.45) is 3.46. The molecule has 4 nitrogen and oxygen atoms in total. The summed E-state index contributed by atoms with van der Waals surface area (Å²) in [5.41, 5.74) is 8.97. The highest BCUT2D eigenvalue weighted by Gasteiger charge is 2.12. The molecule has 0 unspecified atom stereocenters.